The van der Waals surface area contributed by atoms with E-state index in [0.717, 1.165) is 0 Å². The van der Waals surface area contributed by atoms with Crippen LogP contribution in [0.5, 0.6) is 0 Å². The van der Waals surface area contributed by atoms with Gasteiger partial charge in [0.05, 0.1) is 13.2 Å². The fourth-order valence-electron chi connectivity index (χ4n) is 0.355. The lowest BCUT2D eigenvalue weighted by Crippen LogP contribution is -2.00. The van der Waals surface area contributed by atoms with Crippen LogP contribution in [-0.2, 0) is 13.8 Å². The zero-order chi connectivity index (χ0) is 8.04. The molecule has 0 aromatic rings. The van der Waals surface area contributed by atoms with Crippen molar-refractivity contribution in [1.82, 2.24) is 0 Å². The molecule has 0 rings (SSSR count). The van der Waals surface area contributed by atoms with E-state index in [2.05, 4.69) is 9.26 Å². The molecule has 0 aromatic carbocycles. The second kappa shape index (κ2) is 4.85. The average molecular weight is 168 g/mol. The van der Waals surface area contributed by atoms with E-state index in [9.17, 15) is 4.57 Å². The highest BCUT2D eigenvalue weighted by molar-refractivity contribution is 7.52. The Kier molecular flexibility index (Phi) is 4.91. The Labute approximate surface area is 60.7 Å². The summed E-state index contributed by atoms with van der Waals surface area (Å²) < 4.78 is 20.0. The van der Waals surface area contributed by atoms with Crippen molar-refractivity contribution in [3.63, 3.8) is 0 Å². The van der Waals surface area contributed by atoms with Crippen molar-refractivity contribution in [1.29, 1.82) is 0 Å². The topological polar surface area (TPSA) is 55.8 Å². The first kappa shape index (κ1) is 10.1. The molecule has 0 fully saturated rings. The fourth-order valence-corrected chi connectivity index (χ4v) is 0.897. The van der Waals surface area contributed by atoms with E-state index in [1.807, 2.05) is 0 Å². The summed E-state index contributed by atoms with van der Waals surface area (Å²) in [6, 6.07) is 0. The summed E-state index contributed by atoms with van der Waals surface area (Å²) in [6.45, 7) is 2.14. The Morgan fingerprint density at radius 3 is 2.50 bits per heavy atom. The monoisotopic (exact) mass is 168 g/mol. The first-order chi connectivity index (χ1) is 4.62. The minimum Gasteiger partial charge on any atom is -0.382 e. The van der Waals surface area contributed by atoms with Crippen LogP contribution in [0.4, 0.5) is 0 Å². The molecule has 0 heterocycles. The normalized spacial score (nSPS) is 16.7. The van der Waals surface area contributed by atoms with Gasteiger partial charge in [-0.25, -0.2) is 0 Å². The molecule has 0 saturated heterocycles. The predicted octanol–water partition coefficient (Wildman–Crippen LogP) is 0.855. The van der Waals surface area contributed by atoms with E-state index < -0.39 is 7.60 Å². The Balaban J connectivity index is 3.38. The van der Waals surface area contributed by atoms with Gasteiger partial charge in [0.1, 0.15) is 0 Å². The third kappa shape index (κ3) is 4.94. The molecule has 5 heteroatoms. The summed E-state index contributed by atoms with van der Waals surface area (Å²) in [5.74, 6) is 0. The molecule has 0 amide bonds. The molecular formula is C5H13O4P. The third-order valence-corrected chi connectivity index (χ3v) is 2.37. The molecule has 62 valence electrons. The van der Waals surface area contributed by atoms with Crippen molar-refractivity contribution < 1.29 is 18.7 Å². The van der Waals surface area contributed by atoms with Gasteiger partial charge in [0.2, 0.25) is 0 Å². The van der Waals surface area contributed by atoms with Crippen LogP contribution in [0.15, 0.2) is 0 Å². The van der Waals surface area contributed by atoms with Gasteiger partial charge >= 0.3 is 7.60 Å². The first-order valence-electron chi connectivity index (χ1n) is 3.07. The smallest absolute Gasteiger partial charge is 0.327 e. The van der Waals surface area contributed by atoms with Gasteiger partial charge in [0, 0.05) is 13.3 Å². The van der Waals surface area contributed by atoms with Crippen molar-refractivity contribution >= 4 is 7.60 Å². The number of ether oxygens (including phenoxy) is 1. The molecule has 0 bridgehead atoms. The van der Waals surface area contributed by atoms with Gasteiger partial charge in [0.15, 0.2) is 0 Å². The summed E-state index contributed by atoms with van der Waals surface area (Å²) in [5.41, 5.74) is 0. The number of methoxy groups -OCH3 is 1. The number of hydrogen-bond acceptors (Lipinski definition) is 3. The van der Waals surface area contributed by atoms with Gasteiger partial charge in [-0.1, -0.05) is 6.92 Å². The lowest BCUT2D eigenvalue weighted by Gasteiger charge is -2.08. The molecule has 0 aliphatic heterocycles. The molecule has 1 unspecified atom stereocenters. The van der Waals surface area contributed by atoms with Crippen LogP contribution in [0.25, 0.3) is 0 Å². The lowest BCUT2D eigenvalue weighted by atomic mass is 10.8. The maximum absolute atomic E-state index is 10.7. The van der Waals surface area contributed by atoms with Gasteiger partial charge < -0.3 is 14.2 Å². The Morgan fingerprint density at radius 1 is 1.50 bits per heavy atom. The molecule has 1 atom stereocenters. The Morgan fingerprint density at radius 2 is 2.10 bits per heavy atom. The molecule has 0 radical (unpaired) electrons. The largest absolute Gasteiger partial charge is 0.382 e. The van der Waals surface area contributed by atoms with Gasteiger partial charge in [-0.3, -0.25) is 4.57 Å². The van der Waals surface area contributed by atoms with E-state index in [1.165, 1.54) is 7.11 Å². The van der Waals surface area contributed by atoms with Crippen molar-refractivity contribution in [2.45, 2.75) is 6.92 Å². The highest BCUT2D eigenvalue weighted by atomic mass is 31.2. The van der Waals surface area contributed by atoms with Crippen molar-refractivity contribution in [3.05, 3.63) is 0 Å². The van der Waals surface area contributed by atoms with E-state index in [1.54, 1.807) is 6.92 Å². The lowest BCUT2D eigenvalue weighted by molar-refractivity contribution is 0.138. The van der Waals surface area contributed by atoms with Crippen LogP contribution in [0.1, 0.15) is 6.92 Å². The molecule has 0 aliphatic rings. The summed E-state index contributed by atoms with van der Waals surface area (Å²) in [4.78, 5) is 8.83. The van der Waals surface area contributed by atoms with Crippen LogP contribution < -0.4 is 0 Å². The maximum Gasteiger partial charge on any atom is 0.327 e. The summed E-state index contributed by atoms with van der Waals surface area (Å²) in [5, 5.41) is 0. The first-order valence-corrected chi connectivity index (χ1v) is 4.84. The van der Waals surface area contributed by atoms with Gasteiger partial charge in [-0.15, -0.1) is 0 Å². The molecule has 0 aliphatic carbocycles. The highest BCUT2D eigenvalue weighted by Crippen LogP contribution is 2.40. The minimum atomic E-state index is -3.28. The SMILES string of the molecule is CCP(=O)(O)OCCOC. The second-order valence-electron chi connectivity index (χ2n) is 1.78. The quantitative estimate of drug-likeness (QED) is 0.488. The molecule has 0 saturated carbocycles. The summed E-state index contributed by atoms with van der Waals surface area (Å²) >= 11 is 0. The zero-order valence-electron chi connectivity index (χ0n) is 6.24. The third-order valence-electron chi connectivity index (χ3n) is 0.980. The van der Waals surface area contributed by atoms with E-state index >= 15 is 0 Å². The maximum atomic E-state index is 10.7. The van der Waals surface area contributed by atoms with Crippen LogP contribution in [0, 0.1) is 0 Å². The molecule has 1 N–H and O–H groups in total. The van der Waals surface area contributed by atoms with Crippen LogP contribution in [0.3, 0.4) is 0 Å². The van der Waals surface area contributed by atoms with Crippen LogP contribution in [0.2, 0.25) is 0 Å². The van der Waals surface area contributed by atoms with Crippen molar-refractivity contribution in [2.24, 2.45) is 0 Å². The van der Waals surface area contributed by atoms with Crippen LogP contribution in [-0.4, -0.2) is 31.4 Å². The van der Waals surface area contributed by atoms with Gasteiger partial charge in [-0.05, 0) is 0 Å². The van der Waals surface area contributed by atoms with E-state index in [0.29, 0.717) is 6.61 Å². The van der Waals surface area contributed by atoms with E-state index in [4.69, 9.17) is 4.89 Å². The zero-order valence-corrected chi connectivity index (χ0v) is 7.13. The average Bonchev–Trinajstić information content (AvgIpc) is 1.89. The predicted molar refractivity (Wildman–Crippen MR) is 38.2 cm³/mol. The summed E-state index contributed by atoms with van der Waals surface area (Å²) in [6.07, 6.45) is 0.150. The van der Waals surface area contributed by atoms with Crippen LogP contribution >= 0.6 is 7.60 Å². The Bertz CT molecular complexity index is 125. The molecule has 10 heavy (non-hydrogen) atoms. The minimum absolute atomic E-state index is 0.150. The molecule has 4 nitrogen and oxygen atoms in total. The molecule has 0 aromatic heterocycles. The van der Waals surface area contributed by atoms with Crippen molar-refractivity contribution in [3.8, 4) is 0 Å². The standard InChI is InChI=1S/C5H13O4P/c1-3-10(6,7)9-5-4-8-2/h3-5H2,1-2H3,(H,6,7). The highest BCUT2D eigenvalue weighted by Gasteiger charge is 2.14. The Hall–Kier alpha value is 0.110. The summed E-state index contributed by atoms with van der Waals surface area (Å²) in [7, 11) is -1.77. The van der Waals surface area contributed by atoms with E-state index in [-0.39, 0.29) is 12.8 Å². The number of rotatable bonds is 5. The van der Waals surface area contributed by atoms with Gasteiger partial charge in [-0.2, -0.15) is 0 Å². The van der Waals surface area contributed by atoms with Gasteiger partial charge in [0.25, 0.3) is 0 Å². The fraction of sp³-hybridized carbons (Fsp3) is 1.00. The molecular weight excluding hydrogens is 155 g/mol. The molecule has 0 spiro atoms. The van der Waals surface area contributed by atoms with Crippen molar-refractivity contribution in [2.75, 3.05) is 26.5 Å². The second-order valence-corrected chi connectivity index (χ2v) is 3.95. The number of hydrogen-bond donors (Lipinski definition) is 1.